The highest BCUT2D eigenvalue weighted by molar-refractivity contribution is 7.09. The number of nitrogens with zero attached hydrogens (tertiary/aromatic N) is 1. The molecule has 0 unspecified atom stereocenters. The number of hydrogen-bond acceptors (Lipinski definition) is 3. The van der Waals surface area contributed by atoms with Crippen molar-refractivity contribution in [1.29, 1.82) is 0 Å². The Hall–Kier alpha value is -1.35. The molecule has 0 aliphatic carbocycles. The summed E-state index contributed by atoms with van der Waals surface area (Å²) in [6.45, 7) is 2.02. The van der Waals surface area contributed by atoms with Crippen molar-refractivity contribution in [2.24, 2.45) is 0 Å². The van der Waals surface area contributed by atoms with Gasteiger partial charge in [-0.3, -0.25) is 0 Å². The van der Waals surface area contributed by atoms with Crippen molar-refractivity contribution in [3.8, 4) is 5.75 Å². The summed E-state index contributed by atoms with van der Waals surface area (Å²) in [7, 11) is 1.69. The number of hydrogen-bond donors (Lipinski definition) is 0. The molecular weight excluding hydrogens is 206 g/mol. The van der Waals surface area contributed by atoms with Crippen LogP contribution < -0.4 is 4.74 Å². The molecule has 0 fully saturated rings. The van der Waals surface area contributed by atoms with Crippen LogP contribution in [0.3, 0.4) is 0 Å². The highest BCUT2D eigenvalue weighted by Crippen LogP contribution is 2.18. The largest absolute Gasteiger partial charge is 0.497 e. The number of aryl methyl sites for hydroxylation is 1. The summed E-state index contributed by atoms with van der Waals surface area (Å²) in [6.07, 6.45) is 0.885. The van der Waals surface area contributed by atoms with Gasteiger partial charge in [0.1, 0.15) is 5.75 Å². The second kappa shape index (κ2) is 4.45. The first-order valence-corrected chi connectivity index (χ1v) is 5.70. The molecule has 1 aromatic carbocycles. The van der Waals surface area contributed by atoms with Gasteiger partial charge in [-0.25, -0.2) is 4.98 Å². The van der Waals surface area contributed by atoms with Crippen LogP contribution in [0.5, 0.6) is 5.75 Å². The van der Waals surface area contributed by atoms with Crippen LogP contribution in [0.1, 0.15) is 16.3 Å². The van der Waals surface area contributed by atoms with Gasteiger partial charge in [-0.05, 0) is 24.6 Å². The van der Waals surface area contributed by atoms with Crippen molar-refractivity contribution in [2.45, 2.75) is 13.3 Å². The minimum Gasteiger partial charge on any atom is -0.497 e. The second-order valence-electron chi connectivity index (χ2n) is 3.41. The molecule has 0 saturated heterocycles. The molecule has 78 valence electrons. The highest BCUT2D eigenvalue weighted by atomic mass is 32.1. The molecule has 1 heterocycles. The van der Waals surface area contributed by atoms with E-state index in [9.17, 15) is 0 Å². The molecule has 2 nitrogen and oxygen atoms in total. The van der Waals surface area contributed by atoms with Crippen LogP contribution in [-0.2, 0) is 6.42 Å². The molecule has 15 heavy (non-hydrogen) atoms. The van der Waals surface area contributed by atoms with Crippen molar-refractivity contribution in [1.82, 2.24) is 4.98 Å². The van der Waals surface area contributed by atoms with Gasteiger partial charge < -0.3 is 4.74 Å². The Morgan fingerprint density at radius 3 is 2.93 bits per heavy atom. The molecule has 0 N–H and O–H groups in total. The van der Waals surface area contributed by atoms with Crippen LogP contribution in [0.4, 0.5) is 0 Å². The standard InChI is InChI=1S/C12H13NOS/c1-9-8-15-12(13-9)7-10-4-3-5-11(6-10)14-2/h3-6,8H,7H2,1-2H3. The van der Waals surface area contributed by atoms with Crippen LogP contribution in [0.25, 0.3) is 0 Å². The maximum Gasteiger partial charge on any atom is 0.119 e. The third kappa shape index (κ3) is 2.57. The van der Waals surface area contributed by atoms with E-state index in [4.69, 9.17) is 4.74 Å². The molecule has 0 aliphatic rings. The maximum absolute atomic E-state index is 5.18. The zero-order chi connectivity index (χ0) is 10.7. The van der Waals surface area contributed by atoms with Gasteiger partial charge in [-0.1, -0.05) is 12.1 Å². The predicted octanol–water partition coefficient (Wildman–Crippen LogP) is 3.05. The van der Waals surface area contributed by atoms with E-state index in [-0.39, 0.29) is 0 Å². The van der Waals surface area contributed by atoms with Crippen molar-refractivity contribution in [2.75, 3.05) is 7.11 Å². The lowest BCUT2D eigenvalue weighted by atomic mass is 10.1. The van der Waals surface area contributed by atoms with E-state index >= 15 is 0 Å². The van der Waals surface area contributed by atoms with Crippen LogP contribution in [0.2, 0.25) is 0 Å². The Morgan fingerprint density at radius 1 is 1.40 bits per heavy atom. The Balaban J connectivity index is 2.16. The number of benzene rings is 1. The van der Waals surface area contributed by atoms with Gasteiger partial charge in [-0.15, -0.1) is 11.3 Å². The Morgan fingerprint density at radius 2 is 2.27 bits per heavy atom. The molecule has 0 atom stereocenters. The second-order valence-corrected chi connectivity index (χ2v) is 4.35. The molecule has 2 rings (SSSR count). The van der Waals surface area contributed by atoms with E-state index in [0.29, 0.717) is 0 Å². The summed E-state index contributed by atoms with van der Waals surface area (Å²) < 4.78 is 5.18. The van der Waals surface area contributed by atoms with Crippen molar-refractivity contribution < 1.29 is 4.74 Å². The fourth-order valence-electron chi connectivity index (χ4n) is 1.44. The predicted molar refractivity (Wildman–Crippen MR) is 62.7 cm³/mol. The van der Waals surface area contributed by atoms with Crippen LogP contribution in [0, 0.1) is 6.92 Å². The topological polar surface area (TPSA) is 22.1 Å². The van der Waals surface area contributed by atoms with E-state index < -0.39 is 0 Å². The minimum absolute atomic E-state index is 0.885. The first kappa shape index (κ1) is 10.2. The van der Waals surface area contributed by atoms with Gasteiger partial charge in [0.25, 0.3) is 0 Å². The fourth-order valence-corrected chi connectivity index (χ4v) is 2.25. The van der Waals surface area contributed by atoms with Crippen LogP contribution in [-0.4, -0.2) is 12.1 Å². The third-order valence-corrected chi connectivity index (χ3v) is 3.12. The molecule has 1 aromatic heterocycles. The average Bonchev–Trinajstić information content (AvgIpc) is 2.64. The normalized spacial score (nSPS) is 10.3. The van der Waals surface area contributed by atoms with Crippen LogP contribution in [0.15, 0.2) is 29.6 Å². The third-order valence-electron chi connectivity index (χ3n) is 2.16. The lowest BCUT2D eigenvalue weighted by Gasteiger charge is -2.02. The zero-order valence-electron chi connectivity index (χ0n) is 8.86. The first-order chi connectivity index (χ1) is 7.28. The molecule has 0 bridgehead atoms. The molecule has 0 saturated carbocycles. The summed E-state index contributed by atoms with van der Waals surface area (Å²) in [5, 5.41) is 3.23. The molecule has 0 spiro atoms. The molecule has 2 aromatic rings. The van der Waals surface area contributed by atoms with Crippen molar-refractivity contribution in [3.63, 3.8) is 0 Å². The van der Waals surface area contributed by atoms with Crippen molar-refractivity contribution >= 4 is 11.3 Å². The Labute approximate surface area is 93.6 Å². The highest BCUT2D eigenvalue weighted by Gasteiger charge is 2.01. The number of methoxy groups -OCH3 is 1. The smallest absolute Gasteiger partial charge is 0.119 e. The van der Waals surface area contributed by atoms with Gasteiger partial charge in [0.2, 0.25) is 0 Å². The van der Waals surface area contributed by atoms with E-state index in [1.165, 1.54) is 5.56 Å². The van der Waals surface area contributed by atoms with E-state index in [1.807, 2.05) is 19.1 Å². The Bertz CT molecular complexity index is 450. The number of ether oxygens (including phenoxy) is 1. The summed E-state index contributed by atoms with van der Waals surface area (Å²) in [5.74, 6) is 0.903. The molecule has 0 radical (unpaired) electrons. The monoisotopic (exact) mass is 219 g/mol. The van der Waals surface area contributed by atoms with Gasteiger partial charge >= 0.3 is 0 Å². The fraction of sp³-hybridized carbons (Fsp3) is 0.250. The zero-order valence-corrected chi connectivity index (χ0v) is 9.67. The van der Waals surface area contributed by atoms with Gasteiger partial charge in [0.15, 0.2) is 0 Å². The maximum atomic E-state index is 5.18. The van der Waals surface area contributed by atoms with Gasteiger partial charge in [-0.2, -0.15) is 0 Å². The van der Waals surface area contributed by atoms with E-state index in [1.54, 1.807) is 18.4 Å². The van der Waals surface area contributed by atoms with Gasteiger partial charge in [0, 0.05) is 17.5 Å². The summed E-state index contributed by atoms with van der Waals surface area (Å²) in [6, 6.07) is 8.11. The summed E-state index contributed by atoms with van der Waals surface area (Å²) >= 11 is 1.71. The number of thiazole rings is 1. The Kier molecular flexibility index (Phi) is 3.02. The lowest BCUT2D eigenvalue weighted by Crippen LogP contribution is -1.89. The summed E-state index contributed by atoms with van der Waals surface area (Å²) in [4.78, 5) is 4.44. The van der Waals surface area contributed by atoms with E-state index in [0.717, 1.165) is 22.9 Å². The molecule has 0 amide bonds. The lowest BCUT2D eigenvalue weighted by molar-refractivity contribution is 0.414. The number of rotatable bonds is 3. The SMILES string of the molecule is COc1cccc(Cc2nc(C)cs2)c1. The molecule has 3 heteroatoms. The van der Waals surface area contributed by atoms with Gasteiger partial charge in [0.05, 0.1) is 12.1 Å². The van der Waals surface area contributed by atoms with Crippen LogP contribution >= 0.6 is 11.3 Å². The molecular formula is C12H13NOS. The van der Waals surface area contributed by atoms with E-state index in [2.05, 4.69) is 22.5 Å². The quantitative estimate of drug-likeness (QED) is 0.791. The number of aromatic nitrogens is 1. The minimum atomic E-state index is 0.885. The summed E-state index contributed by atoms with van der Waals surface area (Å²) in [5.41, 5.74) is 2.33. The molecule has 0 aliphatic heterocycles. The average molecular weight is 219 g/mol. The van der Waals surface area contributed by atoms with Crippen molar-refractivity contribution in [3.05, 3.63) is 45.9 Å². The first-order valence-electron chi connectivity index (χ1n) is 4.82.